The first-order valence-corrected chi connectivity index (χ1v) is 7.46. The number of hydrogen-bond donors (Lipinski definition) is 2. The van der Waals surface area contributed by atoms with Gasteiger partial charge >= 0.3 is 0 Å². The van der Waals surface area contributed by atoms with Crippen LogP contribution in [-0.2, 0) is 6.54 Å². The number of carbonyl (C=O) groups is 1. The van der Waals surface area contributed by atoms with E-state index in [1.165, 1.54) is 5.56 Å². The third-order valence-electron chi connectivity index (χ3n) is 2.86. The zero-order valence-corrected chi connectivity index (χ0v) is 12.5. The van der Waals surface area contributed by atoms with E-state index >= 15 is 0 Å². The summed E-state index contributed by atoms with van der Waals surface area (Å²) in [5, 5.41) is 13.6. The number of hydrogen-bond acceptors (Lipinski definition) is 4. The van der Waals surface area contributed by atoms with Crippen LogP contribution < -0.4 is 5.32 Å². The largest absolute Gasteiger partial charge is 0.395 e. The number of thiophene rings is 1. The van der Waals surface area contributed by atoms with Gasteiger partial charge in [0.2, 0.25) is 0 Å². The number of rotatable bonds is 4. The van der Waals surface area contributed by atoms with Gasteiger partial charge in [0.1, 0.15) is 5.69 Å². The number of carbonyl (C=O) groups excluding carboxylic acids is 1. The predicted molar refractivity (Wildman–Crippen MR) is 83.0 cm³/mol. The molecule has 108 valence electrons. The van der Waals surface area contributed by atoms with Gasteiger partial charge < -0.3 is 10.4 Å². The predicted octanol–water partition coefficient (Wildman–Crippen LogP) is 2.12. The van der Waals surface area contributed by atoms with Crippen LogP contribution in [0.3, 0.4) is 0 Å². The van der Waals surface area contributed by atoms with Crippen molar-refractivity contribution < 1.29 is 9.90 Å². The summed E-state index contributed by atoms with van der Waals surface area (Å²) in [5.74, 6) is 5.44. The molecule has 1 amide bonds. The van der Waals surface area contributed by atoms with Gasteiger partial charge in [0.05, 0.1) is 18.7 Å². The van der Waals surface area contributed by atoms with E-state index in [4.69, 9.17) is 5.11 Å². The molecule has 2 N–H and O–H groups in total. The first kappa shape index (κ1) is 15.2. The molecule has 0 aromatic carbocycles. The van der Waals surface area contributed by atoms with E-state index in [2.05, 4.69) is 22.1 Å². The highest BCUT2D eigenvalue weighted by Crippen LogP contribution is 2.15. The first-order valence-electron chi connectivity index (χ1n) is 6.58. The molecular weight excluding hydrogens is 284 g/mol. The van der Waals surface area contributed by atoms with Crippen molar-refractivity contribution in [2.24, 2.45) is 0 Å². The molecule has 0 bridgehead atoms. The summed E-state index contributed by atoms with van der Waals surface area (Å²) in [7, 11) is 0. The standard InChI is InChI=1S/C16H16N2O2S/c1-12-7-10-21-14(12)11-18-16(20)15-13(5-2-3-9-19)6-4-8-17-15/h4,6-8,10,19H,3,9,11H2,1H3,(H,18,20). The maximum absolute atomic E-state index is 12.2. The maximum atomic E-state index is 12.2. The van der Waals surface area contributed by atoms with Gasteiger partial charge in [-0.2, -0.15) is 0 Å². The van der Waals surface area contributed by atoms with E-state index in [1.807, 2.05) is 18.4 Å². The fourth-order valence-electron chi connectivity index (χ4n) is 1.73. The first-order chi connectivity index (χ1) is 10.2. The minimum atomic E-state index is -0.239. The molecule has 5 heteroatoms. The van der Waals surface area contributed by atoms with E-state index < -0.39 is 0 Å². The summed E-state index contributed by atoms with van der Waals surface area (Å²) in [6.45, 7) is 2.51. The van der Waals surface area contributed by atoms with Gasteiger partial charge in [0, 0.05) is 17.5 Å². The highest BCUT2D eigenvalue weighted by atomic mass is 32.1. The van der Waals surface area contributed by atoms with Crippen LogP contribution in [0.25, 0.3) is 0 Å². The molecule has 0 saturated carbocycles. The number of nitrogens with zero attached hydrogens (tertiary/aromatic N) is 1. The molecule has 0 aliphatic heterocycles. The van der Waals surface area contributed by atoms with E-state index in [0.717, 1.165) is 4.88 Å². The normalized spacial score (nSPS) is 9.81. The zero-order chi connectivity index (χ0) is 15.1. The van der Waals surface area contributed by atoms with Crippen molar-refractivity contribution in [2.75, 3.05) is 6.61 Å². The van der Waals surface area contributed by atoms with Crippen LogP contribution >= 0.6 is 11.3 Å². The lowest BCUT2D eigenvalue weighted by molar-refractivity contribution is 0.0946. The van der Waals surface area contributed by atoms with Gasteiger partial charge in [-0.1, -0.05) is 11.8 Å². The Morgan fingerprint density at radius 2 is 2.33 bits per heavy atom. The maximum Gasteiger partial charge on any atom is 0.271 e. The highest BCUT2D eigenvalue weighted by Gasteiger charge is 2.11. The number of pyridine rings is 1. The lowest BCUT2D eigenvalue weighted by Gasteiger charge is -2.05. The van der Waals surface area contributed by atoms with Crippen molar-refractivity contribution in [3.8, 4) is 11.8 Å². The van der Waals surface area contributed by atoms with Gasteiger partial charge in [-0.3, -0.25) is 4.79 Å². The fraction of sp³-hybridized carbons (Fsp3) is 0.250. The number of aryl methyl sites for hydroxylation is 1. The second-order valence-corrected chi connectivity index (χ2v) is 5.39. The lowest BCUT2D eigenvalue weighted by atomic mass is 10.2. The van der Waals surface area contributed by atoms with Crippen LogP contribution in [0.5, 0.6) is 0 Å². The molecule has 2 heterocycles. The molecule has 0 spiro atoms. The monoisotopic (exact) mass is 300 g/mol. The van der Waals surface area contributed by atoms with Crippen LogP contribution in [0, 0.1) is 18.8 Å². The molecule has 0 saturated heterocycles. The number of amides is 1. The Bertz CT molecular complexity index is 683. The Morgan fingerprint density at radius 1 is 1.48 bits per heavy atom. The molecule has 2 aromatic rings. The fourth-order valence-corrected chi connectivity index (χ4v) is 2.58. The third-order valence-corrected chi connectivity index (χ3v) is 3.88. The van der Waals surface area contributed by atoms with E-state index in [0.29, 0.717) is 24.2 Å². The highest BCUT2D eigenvalue weighted by molar-refractivity contribution is 7.10. The van der Waals surface area contributed by atoms with Gasteiger partial charge in [-0.15, -0.1) is 11.3 Å². The molecule has 4 nitrogen and oxygen atoms in total. The smallest absolute Gasteiger partial charge is 0.271 e. The number of aliphatic hydroxyl groups excluding tert-OH is 1. The van der Waals surface area contributed by atoms with Crippen molar-refractivity contribution in [1.29, 1.82) is 0 Å². The van der Waals surface area contributed by atoms with Gasteiger partial charge in [0.25, 0.3) is 5.91 Å². The molecule has 0 aliphatic carbocycles. The van der Waals surface area contributed by atoms with E-state index in [-0.39, 0.29) is 12.5 Å². The Kier molecular flexibility index (Phi) is 5.50. The van der Waals surface area contributed by atoms with E-state index in [9.17, 15) is 4.79 Å². The van der Waals surface area contributed by atoms with Gasteiger partial charge in [-0.25, -0.2) is 4.98 Å². The van der Waals surface area contributed by atoms with Crippen molar-refractivity contribution >= 4 is 17.2 Å². The Morgan fingerprint density at radius 3 is 3.05 bits per heavy atom. The summed E-state index contributed by atoms with van der Waals surface area (Å²) in [4.78, 5) is 17.5. The Labute approximate surface area is 127 Å². The second-order valence-electron chi connectivity index (χ2n) is 4.38. The van der Waals surface area contributed by atoms with Crippen molar-refractivity contribution in [3.05, 3.63) is 51.5 Å². The average molecular weight is 300 g/mol. The molecule has 2 rings (SSSR count). The second kappa shape index (κ2) is 7.58. The van der Waals surface area contributed by atoms with Crippen LogP contribution in [0.1, 0.15) is 32.9 Å². The molecule has 0 radical (unpaired) electrons. The Hall–Kier alpha value is -2.16. The van der Waals surface area contributed by atoms with Crippen LogP contribution in [0.15, 0.2) is 29.8 Å². The summed E-state index contributed by atoms with van der Waals surface area (Å²) in [6, 6.07) is 5.52. The molecule has 2 aromatic heterocycles. The van der Waals surface area contributed by atoms with Crippen LogP contribution in [-0.4, -0.2) is 22.6 Å². The lowest BCUT2D eigenvalue weighted by Crippen LogP contribution is -2.24. The summed E-state index contributed by atoms with van der Waals surface area (Å²) >= 11 is 1.62. The van der Waals surface area contributed by atoms with Crippen molar-refractivity contribution in [3.63, 3.8) is 0 Å². The minimum Gasteiger partial charge on any atom is -0.395 e. The zero-order valence-electron chi connectivity index (χ0n) is 11.7. The molecule has 0 unspecified atom stereocenters. The molecule has 0 aliphatic rings. The number of nitrogens with one attached hydrogen (secondary N) is 1. The van der Waals surface area contributed by atoms with E-state index in [1.54, 1.807) is 29.7 Å². The van der Waals surface area contributed by atoms with Crippen LogP contribution in [0.4, 0.5) is 0 Å². The minimum absolute atomic E-state index is 0.00640. The molecule has 21 heavy (non-hydrogen) atoms. The van der Waals surface area contributed by atoms with Gasteiger partial charge in [-0.05, 0) is 36.1 Å². The molecule has 0 fully saturated rings. The summed E-state index contributed by atoms with van der Waals surface area (Å²) < 4.78 is 0. The number of aliphatic hydroxyl groups is 1. The van der Waals surface area contributed by atoms with Crippen LogP contribution in [0.2, 0.25) is 0 Å². The Balaban J connectivity index is 2.09. The summed E-state index contributed by atoms with van der Waals surface area (Å²) in [6.07, 6.45) is 1.95. The van der Waals surface area contributed by atoms with Crippen molar-refractivity contribution in [1.82, 2.24) is 10.3 Å². The molecule has 0 atom stereocenters. The average Bonchev–Trinajstić information content (AvgIpc) is 2.91. The van der Waals surface area contributed by atoms with Gasteiger partial charge in [0.15, 0.2) is 0 Å². The summed E-state index contributed by atoms with van der Waals surface area (Å²) in [5.41, 5.74) is 2.06. The quantitative estimate of drug-likeness (QED) is 0.850. The topological polar surface area (TPSA) is 62.2 Å². The SMILES string of the molecule is Cc1ccsc1CNC(=O)c1ncccc1C#CCCO. The number of aromatic nitrogens is 1. The third kappa shape index (κ3) is 4.15. The van der Waals surface area contributed by atoms with Crippen molar-refractivity contribution in [2.45, 2.75) is 19.9 Å². The molecular formula is C16H16N2O2S.